The molecule has 0 aliphatic carbocycles. The van der Waals surface area contributed by atoms with E-state index in [2.05, 4.69) is 102 Å². The molecule has 0 aliphatic heterocycles. The molecule has 4 aromatic rings. The van der Waals surface area contributed by atoms with E-state index in [9.17, 15) is 0 Å². The molecular formula is C25H24N2S. The van der Waals surface area contributed by atoms with Gasteiger partial charge in [-0.05, 0) is 53.5 Å². The molecule has 140 valence electrons. The Morgan fingerprint density at radius 3 is 1.96 bits per heavy atom. The second-order valence-corrected chi connectivity index (χ2v) is 7.80. The predicted octanol–water partition coefficient (Wildman–Crippen LogP) is 6.47. The smallest absolute Gasteiger partial charge is 0.104 e. The Morgan fingerprint density at radius 2 is 1.39 bits per heavy atom. The summed E-state index contributed by atoms with van der Waals surface area (Å²) in [6, 6.07) is 28.1. The molecule has 0 spiro atoms. The topological polar surface area (TPSA) is 16.1 Å². The standard InChI is InChI=1S/C25H24N2S/c1-19-16-26-25(28-2)23-14-13-22(15-24(19)23)27(17-20-9-5-3-6-10-20)18-21-11-7-4-8-12-21/h3-16H,17-18H2,1-2H3. The molecule has 1 heterocycles. The fourth-order valence-electron chi connectivity index (χ4n) is 3.54. The number of pyridine rings is 1. The molecule has 0 amide bonds. The normalized spacial score (nSPS) is 10.9. The Morgan fingerprint density at radius 1 is 0.786 bits per heavy atom. The number of hydrogen-bond acceptors (Lipinski definition) is 3. The van der Waals surface area contributed by atoms with Crippen molar-refractivity contribution in [1.29, 1.82) is 0 Å². The molecule has 0 aliphatic rings. The van der Waals surface area contributed by atoms with Crippen LogP contribution in [0.25, 0.3) is 10.8 Å². The fourth-order valence-corrected chi connectivity index (χ4v) is 4.10. The predicted molar refractivity (Wildman–Crippen MR) is 121 cm³/mol. The van der Waals surface area contributed by atoms with Crippen LogP contribution < -0.4 is 4.90 Å². The van der Waals surface area contributed by atoms with Gasteiger partial charge in [0.2, 0.25) is 0 Å². The van der Waals surface area contributed by atoms with Crippen molar-refractivity contribution in [2.45, 2.75) is 25.0 Å². The Bertz CT molecular complexity index is 1020. The van der Waals surface area contributed by atoms with Crippen molar-refractivity contribution in [3.63, 3.8) is 0 Å². The number of hydrogen-bond donors (Lipinski definition) is 0. The first-order chi connectivity index (χ1) is 13.7. The van der Waals surface area contributed by atoms with Gasteiger partial charge in [0.15, 0.2) is 0 Å². The van der Waals surface area contributed by atoms with E-state index in [0.29, 0.717) is 0 Å². The van der Waals surface area contributed by atoms with Crippen molar-refractivity contribution >= 4 is 28.2 Å². The van der Waals surface area contributed by atoms with Crippen LogP contribution in [-0.4, -0.2) is 11.2 Å². The summed E-state index contributed by atoms with van der Waals surface area (Å²) in [6.07, 6.45) is 4.07. The SMILES string of the molecule is CSc1ncc(C)c2cc(N(Cc3ccccc3)Cc3ccccc3)ccc12. The number of benzene rings is 3. The second-order valence-electron chi connectivity index (χ2n) is 7.01. The van der Waals surface area contributed by atoms with Gasteiger partial charge in [-0.15, -0.1) is 11.8 Å². The van der Waals surface area contributed by atoms with Crippen molar-refractivity contribution in [1.82, 2.24) is 4.98 Å². The first-order valence-electron chi connectivity index (χ1n) is 9.51. The number of anilines is 1. The molecule has 0 N–H and O–H groups in total. The average Bonchev–Trinajstić information content (AvgIpc) is 2.75. The minimum Gasteiger partial charge on any atom is -0.363 e. The summed E-state index contributed by atoms with van der Waals surface area (Å²) in [4.78, 5) is 7.03. The third kappa shape index (κ3) is 4.05. The molecule has 0 radical (unpaired) electrons. The summed E-state index contributed by atoms with van der Waals surface area (Å²) < 4.78 is 0. The monoisotopic (exact) mass is 384 g/mol. The first-order valence-corrected chi connectivity index (χ1v) is 10.7. The molecule has 4 rings (SSSR count). The third-order valence-corrected chi connectivity index (χ3v) is 5.74. The third-order valence-electron chi connectivity index (χ3n) is 5.02. The lowest BCUT2D eigenvalue weighted by Crippen LogP contribution is -2.22. The highest BCUT2D eigenvalue weighted by Gasteiger charge is 2.12. The van der Waals surface area contributed by atoms with Crippen LogP contribution in [0, 0.1) is 6.92 Å². The number of nitrogens with zero attached hydrogens (tertiary/aromatic N) is 2. The number of aryl methyl sites for hydroxylation is 1. The molecule has 0 atom stereocenters. The second kappa shape index (κ2) is 8.49. The Kier molecular flexibility index (Phi) is 5.63. The molecule has 3 heteroatoms. The highest BCUT2D eigenvalue weighted by atomic mass is 32.2. The van der Waals surface area contributed by atoms with E-state index in [0.717, 1.165) is 18.1 Å². The number of aromatic nitrogens is 1. The summed E-state index contributed by atoms with van der Waals surface area (Å²) in [6.45, 7) is 3.89. The quantitative estimate of drug-likeness (QED) is 0.354. The van der Waals surface area contributed by atoms with E-state index in [4.69, 9.17) is 0 Å². The Hall–Kier alpha value is -2.78. The average molecular weight is 385 g/mol. The van der Waals surface area contributed by atoms with Gasteiger partial charge in [0.05, 0.1) is 0 Å². The molecule has 3 aromatic carbocycles. The van der Waals surface area contributed by atoms with Gasteiger partial charge in [-0.25, -0.2) is 4.98 Å². The van der Waals surface area contributed by atoms with Gasteiger partial charge in [-0.2, -0.15) is 0 Å². The lowest BCUT2D eigenvalue weighted by atomic mass is 10.1. The van der Waals surface area contributed by atoms with Gasteiger partial charge in [-0.3, -0.25) is 0 Å². The maximum absolute atomic E-state index is 4.58. The fraction of sp³-hybridized carbons (Fsp3) is 0.160. The van der Waals surface area contributed by atoms with Crippen molar-refractivity contribution in [3.8, 4) is 0 Å². The maximum atomic E-state index is 4.58. The van der Waals surface area contributed by atoms with E-state index in [-0.39, 0.29) is 0 Å². The molecule has 0 bridgehead atoms. The van der Waals surface area contributed by atoms with Crippen LogP contribution in [0.1, 0.15) is 16.7 Å². The van der Waals surface area contributed by atoms with E-state index >= 15 is 0 Å². The summed E-state index contributed by atoms with van der Waals surface area (Å²) in [7, 11) is 0. The van der Waals surface area contributed by atoms with Crippen LogP contribution in [0.15, 0.2) is 90.1 Å². The highest BCUT2D eigenvalue weighted by Crippen LogP contribution is 2.31. The van der Waals surface area contributed by atoms with E-state index in [1.54, 1.807) is 11.8 Å². The van der Waals surface area contributed by atoms with Gasteiger partial charge in [-0.1, -0.05) is 60.7 Å². The largest absolute Gasteiger partial charge is 0.363 e. The van der Waals surface area contributed by atoms with Gasteiger partial charge in [0.1, 0.15) is 5.03 Å². The molecular weight excluding hydrogens is 360 g/mol. The van der Waals surface area contributed by atoms with Crippen molar-refractivity contribution in [2.24, 2.45) is 0 Å². The zero-order valence-corrected chi connectivity index (χ0v) is 17.1. The Balaban J connectivity index is 1.75. The van der Waals surface area contributed by atoms with Crippen LogP contribution in [0.5, 0.6) is 0 Å². The van der Waals surface area contributed by atoms with Crippen LogP contribution in [0.4, 0.5) is 5.69 Å². The lowest BCUT2D eigenvalue weighted by molar-refractivity contribution is 0.800. The molecule has 0 unspecified atom stereocenters. The van der Waals surface area contributed by atoms with Crippen molar-refractivity contribution in [2.75, 3.05) is 11.2 Å². The van der Waals surface area contributed by atoms with Gasteiger partial charge < -0.3 is 4.90 Å². The minimum atomic E-state index is 0.876. The summed E-state index contributed by atoms with van der Waals surface area (Å²) in [5.74, 6) is 0. The van der Waals surface area contributed by atoms with Crippen LogP contribution in [-0.2, 0) is 13.1 Å². The summed E-state index contributed by atoms with van der Waals surface area (Å²) >= 11 is 1.70. The zero-order chi connectivity index (χ0) is 19.3. The van der Waals surface area contributed by atoms with E-state index < -0.39 is 0 Å². The Labute approximate surface area is 171 Å². The molecule has 2 nitrogen and oxygen atoms in total. The van der Waals surface area contributed by atoms with Crippen LogP contribution >= 0.6 is 11.8 Å². The van der Waals surface area contributed by atoms with Crippen molar-refractivity contribution < 1.29 is 0 Å². The molecule has 1 aromatic heterocycles. The van der Waals surface area contributed by atoms with Crippen LogP contribution in [0.3, 0.4) is 0 Å². The van der Waals surface area contributed by atoms with Crippen molar-refractivity contribution in [3.05, 3.63) is 102 Å². The maximum Gasteiger partial charge on any atom is 0.104 e. The molecule has 0 saturated heterocycles. The molecule has 0 fully saturated rings. The first kappa shape index (κ1) is 18.6. The van der Waals surface area contributed by atoms with Gasteiger partial charge >= 0.3 is 0 Å². The van der Waals surface area contributed by atoms with Crippen LogP contribution in [0.2, 0.25) is 0 Å². The molecule has 0 saturated carbocycles. The van der Waals surface area contributed by atoms with E-state index in [1.807, 2.05) is 6.20 Å². The summed E-state index contributed by atoms with van der Waals surface area (Å²) in [5, 5.41) is 3.60. The van der Waals surface area contributed by atoms with Gasteiger partial charge in [0.25, 0.3) is 0 Å². The number of rotatable bonds is 6. The number of fused-ring (bicyclic) bond motifs is 1. The lowest BCUT2D eigenvalue weighted by Gasteiger charge is -2.26. The highest BCUT2D eigenvalue weighted by molar-refractivity contribution is 7.98. The zero-order valence-electron chi connectivity index (χ0n) is 16.3. The summed E-state index contributed by atoms with van der Waals surface area (Å²) in [5.41, 5.74) is 5.08. The minimum absolute atomic E-state index is 0.876. The number of thioether (sulfide) groups is 1. The van der Waals surface area contributed by atoms with Gasteiger partial charge in [0, 0.05) is 30.4 Å². The van der Waals surface area contributed by atoms with E-state index in [1.165, 1.54) is 33.2 Å². The molecule has 28 heavy (non-hydrogen) atoms.